The van der Waals surface area contributed by atoms with Crippen molar-refractivity contribution in [3.8, 4) is 0 Å². The van der Waals surface area contributed by atoms with Gasteiger partial charge in [0.05, 0.1) is 5.41 Å². The van der Waals surface area contributed by atoms with Crippen LogP contribution >= 0.6 is 0 Å². The van der Waals surface area contributed by atoms with Gasteiger partial charge >= 0.3 is 5.97 Å². The number of aliphatic carboxylic acids is 1. The normalized spacial score (nSPS) is 22.5. The number of carbonyl (C=O) groups is 1. The fraction of sp³-hybridized carbons (Fsp3) is 0.533. The van der Waals surface area contributed by atoms with Gasteiger partial charge in [0.15, 0.2) is 0 Å². The maximum Gasteiger partial charge on any atom is 0.310 e. The van der Waals surface area contributed by atoms with E-state index in [9.17, 15) is 9.90 Å². The molecule has 1 aromatic carbocycles. The molecule has 1 aliphatic carbocycles. The van der Waals surface area contributed by atoms with E-state index in [2.05, 4.69) is 6.07 Å². The summed E-state index contributed by atoms with van der Waals surface area (Å²) in [5, 5.41) is 9.56. The lowest BCUT2D eigenvalue weighted by molar-refractivity contribution is -0.151. The van der Waals surface area contributed by atoms with E-state index in [-0.39, 0.29) is 0 Å². The minimum atomic E-state index is -0.684. The molecule has 1 aliphatic rings. The van der Waals surface area contributed by atoms with Crippen molar-refractivity contribution in [2.75, 3.05) is 13.2 Å². The summed E-state index contributed by atoms with van der Waals surface area (Å²) in [6.07, 6.45) is 2.80. The van der Waals surface area contributed by atoms with Crippen molar-refractivity contribution in [3.63, 3.8) is 0 Å². The molecule has 0 heterocycles. The summed E-state index contributed by atoms with van der Waals surface area (Å²) in [5.41, 5.74) is 1.84. The Labute approximate surface area is 108 Å². The zero-order valence-corrected chi connectivity index (χ0v) is 10.8. The van der Waals surface area contributed by atoms with Crippen molar-refractivity contribution in [1.29, 1.82) is 0 Å². The van der Waals surface area contributed by atoms with Gasteiger partial charge in [-0.25, -0.2) is 0 Å². The van der Waals surface area contributed by atoms with Gasteiger partial charge in [-0.05, 0) is 43.7 Å². The van der Waals surface area contributed by atoms with Crippen molar-refractivity contribution < 1.29 is 14.6 Å². The summed E-state index contributed by atoms with van der Waals surface area (Å²) in [6, 6.07) is 8.16. The van der Waals surface area contributed by atoms with E-state index in [0.29, 0.717) is 32.5 Å². The number of rotatable bonds is 5. The highest BCUT2D eigenvalue weighted by Gasteiger charge is 2.40. The second kappa shape index (κ2) is 5.53. The lowest BCUT2D eigenvalue weighted by atomic mass is 9.70. The predicted molar refractivity (Wildman–Crippen MR) is 69.6 cm³/mol. The van der Waals surface area contributed by atoms with Crippen LogP contribution in [0.5, 0.6) is 0 Å². The molecule has 0 saturated carbocycles. The third-order valence-corrected chi connectivity index (χ3v) is 3.90. The monoisotopic (exact) mass is 248 g/mol. The minimum Gasteiger partial charge on any atom is -0.481 e. The molecule has 18 heavy (non-hydrogen) atoms. The van der Waals surface area contributed by atoms with Gasteiger partial charge in [-0.1, -0.05) is 24.3 Å². The lowest BCUT2D eigenvalue weighted by Gasteiger charge is -2.34. The van der Waals surface area contributed by atoms with Gasteiger partial charge in [-0.15, -0.1) is 0 Å². The molecule has 2 rings (SSSR count). The number of carboxylic acid groups (broad SMARTS) is 1. The van der Waals surface area contributed by atoms with Gasteiger partial charge in [0.2, 0.25) is 0 Å². The minimum absolute atomic E-state index is 0.533. The first-order chi connectivity index (χ1) is 8.68. The molecule has 3 nitrogen and oxygen atoms in total. The Morgan fingerprint density at radius 1 is 1.39 bits per heavy atom. The van der Waals surface area contributed by atoms with E-state index >= 15 is 0 Å². The number of hydrogen-bond donors (Lipinski definition) is 1. The highest BCUT2D eigenvalue weighted by atomic mass is 16.5. The van der Waals surface area contributed by atoms with Crippen LogP contribution in [0.25, 0.3) is 0 Å². The van der Waals surface area contributed by atoms with Crippen LogP contribution in [0.1, 0.15) is 30.9 Å². The molecular weight excluding hydrogens is 228 g/mol. The number of carboxylic acids is 1. The molecule has 0 spiro atoms. The Bertz CT molecular complexity index is 428. The molecule has 1 aromatic rings. The number of aryl methyl sites for hydroxylation is 1. The van der Waals surface area contributed by atoms with Crippen LogP contribution in [0.2, 0.25) is 0 Å². The first kappa shape index (κ1) is 13.1. The summed E-state index contributed by atoms with van der Waals surface area (Å²) < 4.78 is 5.34. The average molecular weight is 248 g/mol. The van der Waals surface area contributed by atoms with Crippen molar-refractivity contribution in [1.82, 2.24) is 0 Å². The zero-order chi connectivity index (χ0) is 13.0. The highest BCUT2D eigenvalue weighted by Crippen LogP contribution is 2.38. The van der Waals surface area contributed by atoms with Gasteiger partial charge in [-0.2, -0.15) is 0 Å². The Kier molecular flexibility index (Phi) is 4.02. The van der Waals surface area contributed by atoms with Crippen LogP contribution in [0, 0.1) is 5.41 Å². The standard InChI is InChI=1S/C15H20O3/c1-2-18-10-9-15(14(16)17)8-7-12-5-3-4-6-13(12)11-15/h3-6H,2,7-11H2,1H3,(H,16,17). The fourth-order valence-electron chi connectivity index (χ4n) is 2.72. The summed E-state index contributed by atoms with van der Waals surface area (Å²) >= 11 is 0. The van der Waals surface area contributed by atoms with Crippen molar-refractivity contribution in [2.45, 2.75) is 32.6 Å². The van der Waals surface area contributed by atoms with E-state index in [4.69, 9.17) is 4.74 Å². The van der Waals surface area contributed by atoms with Gasteiger partial charge in [0, 0.05) is 13.2 Å². The molecule has 0 fully saturated rings. The fourth-order valence-corrected chi connectivity index (χ4v) is 2.72. The van der Waals surface area contributed by atoms with Crippen LogP contribution in [0.3, 0.4) is 0 Å². The topological polar surface area (TPSA) is 46.5 Å². The smallest absolute Gasteiger partial charge is 0.310 e. The molecule has 1 N–H and O–H groups in total. The van der Waals surface area contributed by atoms with Crippen LogP contribution in [0.4, 0.5) is 0 Å². The largest absolute Gasteiger partial charge is 0.481 e. The molecule has 0 radical (unpaired) electrons. The first-order valence-electron chi connectivity index (χ1n) is 6.56. The molecule has 1 unspecified atom stereocenters. The quantitative estimate of drug-likeness (QED) is 0.815. The van der Waals surface area contributed by atoms with Crippen LogP contribution in [-0.2, 0) is 22.4 Å². The zero-order valence-electron chi connectivity index (χ0n) is 10.8. The van der Waals surface area contributed by atoms with Crippen LogP contribution in [-0.4, -0.2) is 24.3 Å². The van der Waals surface area contributed by atoms with Gasteiger partial charge in [0.25, 0.3) is 0 Å². The highest BCUT2D eigenvalue weighted by molar-refractivity contribution is 5.75. The van der Waals surface area contributed by atoms with Gasteiger partial charge < -0.3 is 9.84 Å². The van der Waals surface area contributed by atoms with E-state index < -0.39 is 11.4 Å². The molecule has 98 valence electrons. The molecule has 0 bridgehead atoms. The summed E-state index contributed by atoms with van der Waals surface area (Å²) in [7, 11) is 0. The third kappa shape index (κ3) is 2.56. The Balaban J connectivity index is 2.16. The third-order valence-electron chi connectivity index (χ3n) is 3.90. The lowest BCUT2D eigenvalue weighted by Crippen LogP contribution is -2.38. The second-order valence-corrected chi connectivity index (χ2v) is 4.98. The van der Waals surface area contributed by atoms with E-state index in [1.165, 1.54) is 11.1 Å². The maximum absolute atomic E-state index is 11.6. The van der Waals surface area contributed by atoms with E-state index in [0.717, 1.165) is 6.42 Å². The molecule has 0 aliphatic heterocycles. The molecule has 0 amide bonds. The van der Waals surface area contributed by atoms with E-state index in [1.54, 1.807) is 0 Å². The SMILES string of the molecule is CCOCCC1(C(=O)O)CCc2ccccc2C1. The van der Waals surface area contributed by atoms with Gasteiger partial charge in [0.1, 0.15) is 0 Å². The maximum atomic E-state index is 11.6. The molecule has 3 heteroatoms. The second-order valence-electron chi connectivity index (χ2n) is 4.98. The van der Waals surface area contributed by atoms with Gasteiger partial charge in [-0.3, -0.25) is 4.79 Å². The molecule has 0 saturated heterocycles. The number of hydrogen-bond acceptors (Lipinski definition) is 2. The van der Waals surface area contributed by atoms with Crippen molar-refractivity contribution in [2.24, 2.45) is 5.41 Å². The molecular formula is C15H20O3. The van der Waals surface area contributed by atoms with Crippen LogP contribution < -0.4 is 0 Å². The number of fused-ring (bicyclic) bond motifs is 1. The predicted octanol–water partition coefficient (Wildman–Crippen LogP) is 2.67. The Morgan fingerprint density at radius 2 is 2.11 bits per heavy atom. The van der Waals surface area contributed by atoms with E-state index in [1.807, 2.05) is 25.1 Å². The first-order valence-corrected chi connectivity index (χ1v) is 6.56. The summed E-state index contributed by atoms with van der Waals surface area (Å²) in [5.74, 6) is -0.684. The average Bonchev–Trinajstić information content (AvgIpc) is 2.38. The molecule has 0 aromatic heterocycles. The van der Waals surface area contributed by atoms with Crippen molar-refractivity contribution >= 4 is 5.97 Å². The Morgan fingerprint density at radius 3 is 2.78 bits per heavy atom. The Hall–Kier alpha value is -1.35. The van der Waals surface area contributed by atoms with Crippen LogP contribution in [0.15, 0.2) is 24.3 Å². The van der Waals surface area contributed by atoms with Crippen molar-refractivity contribution in [3.05, 3.63) is 35.4 Å². The summed E-state index contributed by atoms with van der Waals surface area (Å²) in [4.78, 5) is 11.6. The number of ether oxygens (including phenoxy) is 1. The molecule has 1 atom stereocenters. The summed E-state index contributed by atoms with van der Waals surface area (Å²) in [6.45, 7) is 3.11. The number of benzene rings is 1.